The lowest BCUT2D eigenvalue weighted by atomic mass is 10.3. The number of rotatable bonds is 1. The zero-order valence-electron chi connectivity index (χ0n) is 4.78. The number of carbonyl (C=O) groups excluding carboxylic acids is 1. The van der Waals surface area contributed by atoms with Crippen LogP contribution in [0.25, 0.3) is 0 Å². The molecule has 0 amide bonds. The quantitative estimate of drug-likeness (QED) is 0.404. The highest BCUT2D eigenvalue weighted by Crippen LogP contribution is 2.23. The molecule has 1 saturated heterocycles. The molecule has 1 aliphatic heterocycles. The monoisotopic (exact) mass is 168 g/mol. The highest BCUT2D eigenvalue weighted by molar-refractivity contribution is 6.18. The first kappa shape index (κ1) is 7.59. The molecule has 0 aliphatic carbocycles. The average Bonchev–Trinajstić information content (AvgIpc) is 2.09. The Morgan fingerprint density at radius 3 is 2.60 bits per heavy atom. The molecule has 0 saturated carbocycles. The van der Waals surface area contributed by atoms with E-state index in [0.29, 0.717) is 0 Å². The van der Waals surface area contributed by atoms with E-state index >= 15 is 0 Å². The molecule has 6 heteroatoms. The molecular formula is C4H5ClO5. The third-order valence-electron chi connectivity index (χ3n) is 1.05. The van der Waals surface area contributed by atoms with Crippen molar-refractivity contribution in [3.63, 3.8) is 0 Å². The summed E-state index contributed by atoms with van der Waals surface area (Å²) in [5.41, 5.74) is 0. The van der Waals surface area contributed by atoms with Gasteiger partial charge in [0.15, 0.2) is 0 Å². The molecule has 0 bridgehead atoms. The Balaban J connectivity index is 2.70. The average molecular weight is 169 g/mol. The van der Waals surface area contributed by atoms with Crippen LogP contribution in [-0.4, -0.2) is 34.3 Å². The molecule has 0 spiro atoms. The minimum absolute atomic E-state index is 0.431. The van der Waals surface area contributed by atoms with Crippen molar-refractivity contribution in [3.8, 4) is 0 Å². The molecule has 10 heavy (non-hydrogen) atoms. The maximum absolute atomic E-state index is 10.2. The number of halogens is 1. The van der Waals surface area contributed by atoms with Crippen LogP contribution < -0.4 is 0 Å². The van der Waals surface area contributed by atoms with Crippen LogP contribution in [-0.2, 0) is 9.47 Å². The van der Waals surface area contributed by atoms with Crippen LogP contribution >= 0.6 is 11.6 Å². The second-order valence-corrected chi connectivity index (χ2v) is 2.07. The van der Waals surface area contributed by atoms with Gasteiger partial charge in [-0.1, -0.05) is 0 Å². The number of hydrogen-bond donors (Lipinski definition) is 2. The number of cyclic esters (lactones) is 2. The highest BCUT2D eigenvalue weighted by Gasteiger charge is 2.49. The Labute approximate surface area is 61.1 Å². The van der Waals surface area contributed by atoms with E-state index in [1.807, 2.05) is 0 Å². The molecule has 1 fully saturated rings. The Hall–Kier alpha value is -0.520. The topological polar surface area (TPSA) is 76.0 Å². The summed E-state index contributed by atoms with van der Waals surface area (Å²) in [7, 11) is 0. The van der Waals surface area contributed by atoms with Crippen molar-refractivity contribution >= 4 is 17.8 Å². The summed E-state index contributed by atoms with van der Waals surface area (Å²) >= 11 is 5.14. The van der Waals surface area contributed by atoms with E-state index in [0.717, 1.165) is 0 Å². The highest BCUT2D eigenvalue weighted by atomic mass is 35.5. The van der Waals surface area contributed by atoms with Gasteiger partial charge in [-0.25, -0.2) is 4.79 Å². The number of hydrogen-bond acceptors (Lipinski definition) is 5. The molecule has 0 aromatic heterocycles. The molecule has 0 aromatic carbocycles. The lowest BCUT2D eigenvalue weighted by molar-refractivity contribution is -0.208. The lowest BCUT2D eigenvalue weighted by Gasteiger charge is -2.16. The van der Waals surface area contributed by atoms with Gasteiger partial charge >= 0.3 is 6.16 Å². The first-order valence-corrected chi connectivity index (χ1v) is 2.98. The third kappa shape index (κ3) is 1.03. The van der Waals surface area contributed by atoms with Crippen molar-refractivity contribution in [1.82, 2.24) is 0 Å². The lowest BCUT2D eigenvalue weighted by Crippen LogP contribution is -2.41. The van der Waals surface area contributed by atoms with Gasteiger partial charge in [-0.3, -0.25) is 0 Å². The van der Waals surface area contributed by atoms with Crippen molar-refractivity contribution in [2.24, 2.45) is 0 Å². The smallest absolute Gasteiger partial charge is 0.397 e. The number of carbonyl (C=O) groups is 1. The van der Waals surface area contributed by atoms with Crippen LogP contribution in [0.1, 0.15) is 0 Å². The second-order valence-electron chi connectivity index (χ2n) is 1.80. The molecule has 1 aliphatic rings. The second kappa shape index (κ2) is 2.26. The largest absolute Gasteiger partial charge is 0.513 e. The molecule has 1 heterocycles. The fourth-order valence-electron chi connectivity index (χ4n) is 0.495. The van der Waals surface area contributed by atoms with E-state index < -0.39 is 24.1 Å². The predicted octanol–water partition coefficient (Wildman–Crippen LogP) is -0.601. The van der Waals surface area contributed by atoms with Gasteiger partial charge in [0, 0.05) is 0 Å². The number of aliphatic hydroxyl groups is 2. The molecular weight excluding hydrogens is 163 g/mol. The molecule has 0 radical (unpaired) electrons. The fourth-order valence-corrected chi connectivity index (χ4v) is 0.682. The minimum Gasteiger partial charge on any atom is -0.397 e. The third-order valence-corrected chi connectivity index (χ3v) is 1.43. The van der Waals surface area contributed by atoms with E-state index in [9.17, 15) is 4.79 Å². The van der Waals surface area contributed by atoms with Crippen LogP contribution in [0.2, 0.25) is 0 Å². The van der Waals surface area contributed by atoms with Gasteiger partial charge < -0.3 is 19.7 Å². The van der Waals surface area contributed by atoms with E-state index in [2.05, 4.69) is 9.47 Å². The van der Waals surface area contributed by atoms with Crippen molar-refractivity contribution in [2.75, 3.05) is 5.88 Å². The summed E-state index contributed by atoms with van der Waals surface area (Å²) < 4.78 is 8.15. The van der Waals surface area contributed by atoms with Crippen molar-refractivity contribution < 1.29 is 24.5 Å². The van der Waals surface area contributed by atoms with E-state index in [4.69, 9.17) is 21.8 Å². The van der Waals surface area contributed by atoms with Crippen LogP contribution in [0.15, 0.2) is 0 Å². The van der Waals surface area contributed by atoms with Gasteiger partial charge in [-0.2, -0.15) is 0 Å². The Bertz CT molecular complexity index is 160. The Morgan fingerprint density at radius 1 is 1.80 bits per heavy atom. The molecule has 2 N–H and O–H groups in total. The summed E-state index contributed by atoms with van der Waals surface area (Å²) in [6.07, 6.45) is -2.83. The standard InChI is InChI=1S/C4H5ClO5/c5-1-4(8)2(6)9-3(7)10-4/h2,6,8H,1H2. The zero-order chi connectivity index (χ0) is 7.78. The molecule has 1 rings (SSSR count). The van der Waals surface area contributed by atoms with Gasteiger partial charge in [0.05, 0.1) is 5.88 Å². The van der Waals surface area contributed by atoms with Gasteiger partial charge in [0.2, 0.25) is 0 Å². The maximum Gasteiger partial charge on any atom is 0.513 e. The maximum atomic E-state index is 10.2. The van der Waals surface area contributed by atoms with Crippen molar-refractivity contribution in [2.45, 2.75) is 12.1 Å². The predicted molar refractivity (Wildman–Crippen MR) is 29.2 cm³/mol. The van der Waals surface area contributed by atoms with Gasteiger partial charge in [-0.15, -0.1) is 11.6 Å². The fraction of sp³-hybridized carbons (Fsp3) is 0.750. The van der Waals surface area contributed by atoms with Crippen LogP contribution in [0, 0.1) is 0 Å². The van der Waals surface area contributed by atoms with E-state index in [1.165, 1.54) is 0 Å². The first-order valence-electron chi connectivity index (χ1n) is 2.44. The molecule has 58 valence electrons. The molecule has 2 unspecified atom stereocenters. The normalized spacial score (nSPS) is 39.1. The summed E-state index contributed by atoms with van der Waals surface area (Å²) in [5, 5.41) is 17.7. The van der Waals surface area contributed by atoms with Crippen LogP contribution in [0.5, 0.6) is 0 Å². The zero-order valence-corrected chi connectivity index (χ0v) is 5.54. The van der Waals surface area contributed by atoms with Crippen LogP contribution in [0.4, 0.5) is 4.79 Å². The summed E-state index contributed by atoms with van der Waals surface area (Å²) in [4.78, 5) is 10.2. The first-order chi connectivity index (χ1) is 4.58. The summed E-state index contributed by atoms with van der Waals surface area (Å²) in [5.74, 6) is -2.52. The van der Waals surface area contributed by atoms with Gasteiger partial charge in [-0.05, 0) is 0 Å². The Kier molecular flexibility index (Phi) is 1.72. The SMILES string of the molecule is O=C1OC(O)C(O)(CCl)O1. The number of aliphatic hydroxyl groups excluding tert-OH is 1. The molecule has 5 nitrogen and oxygen atoms in total. The number of ether oxygens (including phenoxy) is 2. The summed E-state index contributed by atoms with van der Waals surface area (Å²) in [6, 6.07) is 0. The van der Waals surface area contributed by atoms with Gasteiger partial charge in [0.25, 0.3) is 12.1 Å². The molecule has 2 atom stereocenters. The molecule has 0 aromatic rings. The van der Waals surface area contributed by atoms with E-state index in [-0.39, 0.29) is 0 Å². The Morgan fingerprint density at radius 2 is 2.40 bits per heavy atom. The minimum atomic E-state index is -2.08. The van der Waals surface area contributed by atoms with Gasteiger partial charge in [0.1, 0.15) is 0 Å². The summed E-state index contributed by atoms with van der Waals surface area (Å²) in [6.45, 7) is 0. The van der Waals surface area contributed by atoms with Crippen molar-refractivity contribution in [3.05, 3.63) is 0 Å². The number of alkyl halides is 1. The van der Waals surface area contributed by atoms with Crippen molar-refractivity contribution in [1.29, 1.82) is 0 Å². The van der Waals surface area contributed by atoms with Crippen LogP contribution in [0.3, 0.4) is 0 Å². The van der Waals surface area contributed by atoms with E-state index in [1.54, 1.807) is 0 Å².